The van der Waals surface area contributed by atoms with Gasteiger partial charge in [-0.3, -0.25) is 0 Å². The number of hydrogen-bond acceptors (Lipinski definition) is 4. The lowest BCUT2D eigenvalue weighted by molar-refractivity contribution is 0.416. The van der Waals surface area contributed by atoms with E-state index < -0.39 is 0 Å². The van der Waals surface area contributed by atoms with Crippen molar-refractivity contribution in [3.05, 3.63) is 54.6 Å². The molecule has 0 heterocycles. The highest BCUT2D eigenvalue weighted by Crippen LogP contribution is 2.35. The molecule has 0 radical (unpaired) electrons. The van der Waals surface area contributed by atoms with E-state index in [2.05, 4.69) is 22.5 Å². The van der Waals surface area contributed by atoms with Gasteiger partial charge < -0.3 is 9.04 Å². The van der Waals surface area contributed by atoms with Gasteiger partial charge in [0.05, 0.1) is 25.3 Å². The van der Waals surface area contributed by atoms with Gasteiger partial charge in [-0.2, -0.15) is 5.26 Å². The molecule has 0 atom stereocenters. The summed E-state index contributed by atoms with van der Waals surface area (Å²) in [5.41, 5.74) is 0.985. The first-order chi connectivity index (χ1) is 9.85. The van der Waals surface area contributed by atoms with E-state index in [-0.39, 0.29) is 0 Å². The lowest BCUT2D eigenvalue weighted by Gasteiger charge is -2.24. The Balaban J connectivity index is 2.25. The number of anilines is 1. The van der Waals surface area contributed by atoms with Crippen LogP contribution in [0.15, 0.2) is 59.5 Å². The van der Waals surface area contributed by atoms with E-state index in [9.17, 15) is 0 Å². The summed E-state index contributed by atoms with van der Waals surface area (Å²) in [6.07, 6.45) is 0.470. The van der Waals surface area contributed by atoms with Crippen LogP contribution in [0.4, 0.5) is 5.69 Å². The summed E-state index contributed by atoms with van der Waals surface area (Å²) in [7, 11) is 1.66. The van der Waals surface area contributed by atoms with Crippen molar-refractivity contribution in [1.29, 1.82) is 5.26 Å². The van der Waals surface area contributed by atoms with Crippen LogP contribution in [0, 0.1) is 11.3 Å². The summed E-state index contributed by atoms with van der Waals surface area (Å²) in [5, 5.41) is 8.84. The van der Waals surface area contributed by atoms with Gasteiger partial charge in [0, 0.05) is 11.4 Å². The predicted molar refractivity (Wildman–Crippen MR) is 82.9 cm³/mol. The summed E-state index contributed by atoms with van der Waals surface area (Å²) < 4.78 is 7.50. The van der Waals surface area contributed by atoms with Gasteiger partial charge in [0.1, 0.15) is 5.75 Å². The van der Waals surface area contributed by atoms with Crippen LogP contribution in [0.25, 0.3) is 0 Å². The minimum absolute atomic E-state index is 0.470. The van der Waals surface area contributed by atoms with Crippen molar-refractivity contribution in [3.63, 3.8) is 0 Å². The number of ether oxygens (including phenoxy) is 1. The number of hydrogen-bond donors (Lipinski definition) is 0. The van der Waals surface area contributed by atoms with E-state index in [1.54, 1.807) is 19.1 Å². The van der Waals surface area contributed by atoms with Crippen molar-refractivity contribution in [2.45, 2.75) is 11.3 Å². The molecule has 0 amide bonds. The molecule has 0 saturated heterocycles. The molecule has 0 saturated carbocycles. The average molecular weight is 284 g/mol. The average Bonchev–Trinajstić information content (AvgIpc) is 2.52. The topological polar surface area (TPSA) is 36.3 Å². The zero-order valence-corrected chi connectivity index (χ0v) is 12.1. The Labute approximate surface area is 123 Å². The fraction of sp³-hybridized carbons (Fsp3) is 0.188. The van der Waals surface area contributed by atoms with Gasteiger partial charge in [-0.15, -0.1) is 0 Å². The number of nitriles is 1. The second kappa shape index (κ2) is 7.46. The maximum absolute atomic E-state index is 8.84. The van der Waals surface area contributed by atoms with Crippen LogP contribution in [-0.2, 0) is 0 Å². The largest absolute Gasteiger partial charge is 0.495 e. The van der Waals surface area contributed by atoms with Gasteiger partial charge in [0.2, 0.25) is 0 Å². The molecule has 0 aliphatic carbocycles. The third-order valence-corrected chi connectivity index (χ3v) is 3.82. The summed E-state index contributed by atoms with van der Waals surface area (Å²) >= 11 is 1.61. The van der Waals surface area contributed by atoms with Crippen LogP contribution in [-0.4, -0.2) is 13.7 Å². The van der Waals surface area contributed by atoms with E-state index in [1.807, 2.05) is 42.5 Å². The Bertz CT molecular complexity index is 581. The lowest BCUT2D eigenvalue weighted by atomic mass is 10.3. The molecular weight excluding hydrogens is 268 g/mol. The molecule has 0 fully saturated rings. The molecule has 0 bridgehead atoms. The fourth-order valence-corrected chi connectivity index (χ4v) is 2.78. The van der Waals surface area contributed by atoms with E-state index in [0.717, 1.165) is 16.3 Å². The van der Waals surface area contributed by atoms with Crippen LogP contribution in [0.1, 0.15) is 6.42 Å². The molecular formula is C16H16N2OS. The quantitative estimate of drug-likeness (QED) is 0.748. The highest BCUT2D eigenvalue weighted by molar-refractivity contribution is 8.00. The van der Waals surface area contributed by atoms with Gasteiger partial charge in [-0.25, -0.2) is 0 Å². The molecule has 0 aliphatic heterocycles. The van der Waals surface area contributed by atoms with Crippen molar-refractivity contribution in [3.8, 4) is 11.8 Å². The van der Waals surface area contributed by atoms with Crippen LogP contribution < -0.4 is 9.04 Å². The number of para-hydroxylation sites is 2. The van der Waals surface area contributed by atoms with Crippen LogP contribution in [0.5, 0.6) is 5.75 Å². The van der Waals surface area contributed by atoms with Crippen LogP contribution in [0.2, 0.25) is 0 Å². The lowest BCUT2D eigenvalue weighted by Crippen LogP contribution is -2.16. The predicted octanol–water partition coefficient (Wildman–Crippen LogP) is 4.12. The standard InChI is InChI=1S/C16H16N2OS/c1-19-16-11-6-5-10-15(16)18(13-7-12-17)20-14-8-3-2-4-9-14/h2-6,8-11H,7,13H2,1H3. The smallest absolute Gasteiger partial charge is 0.143 e. The number of rotatable bonds is 6. The van der Waals surface area contributed by atoms with Crippen molar-refractivity contribution >= 4 is 17.6 Å². The summed E-state index contributed by atoms with van der Waals surface area (Å²) in [6, 6.07) is 20.2. The first-order valence-corrected chi connectivity index (χ1v) is 7.13. The molecule has 0 aliphatic rings. The van der Waals surface area contributed by atoms with Gasteiger partial charge in [0.15, 0.2) is 0 Å². The molecule has 2 aromatic rings. The first-order valence-electron chi connectivity index (χ1n) is 6.35. The van der Waals surface area contributed by atoms with E-state index in [4.69, 9.17) is 10.00 Å². The molecule has 102 valence electrons. The molecule has 4 heteroatoms. The maximum Gasteiger partial charge on any atom is 0.143 e. The molecule has 2 rings (SSSR count). The zero-order chi connectivity index (χ0) is 14.2. The number of methoxy groups -OCH3 is 1. The Morgan fingerprint density at radius 3 is 2.50 bits per heavy atom. The number of nitrogens with zero attached hydrogens (tertiary/aromatic N) is 2. The highest BCUT2D eigenvalue weighted by atomic mass is 32.2. The molecule has 0 spiro atoms. The Kier molecular flexibility index (Phi) is 5.33. The summed E-state index contributed by atoms with van der Waals surface area (Å²) in [4.78, 5) is 1.14. The highest BCUT2D eigenvalue weighted by Gasteiger charge is 2.12. The van der Waals surface area contributed by atoms with Crippen molar-refractivity contribution in [2.75, 3.05) is 18.0 Å². The second-order valence-corrected chi connectivity index (χ2v) is 5.18. The third-order valence-electron chi connectivity index (χ3n) is 2.74. The fourth-order valence-electron chi connectivity index (χ4n) is 1.81. The van der Waals surface area contributed by atoms with E-state index in [0.29, 0.717) is 13.0 Å². The minimum Gasteiger partial charge on any atom is -0.495 e. The molecule has 3 nitrogen and oxygen atoms in total. The minimum atomic E-state index is 0.470. The van der Waals surface area contributed by atoms with E-state index in [1.165, 1.54) is 0 Å². The van der Waals surface area contributed by atoms with Crippen molar-refractivity contribution in [1.82, 2.24) is 0 Å². The van der Waals surface area contributed by atoms with Crippen molar-refractivity contribution < 1.29 is 4.74 Å². The van der Waals surface area contributed by atoms with Crippen molar-refractivity contribution in [2.24, 2.45) is 0 Å². The summed E-state index contributed by atoms with van der Waals surface area (Å²) in [6.45, 7) is 0.649. The first kappa shape index (κ1) is 14.3. The Morgan fingerprint density at radius 1 is 1.10 bits per heavy atom. The molecule has 20 heavy (non-hydrogen) atoms. The monoisotopic (exact) mass is 284 g/mol. The zero-order valence-electron chi connectivity index (χ0n) is 11.3. The maximum atomic E-state index is 8.84. The Hall–Kier alpha value is -2.12. The SMILES string of the molecule is COc1ccccc1N(CCC#N)Sc1ccccc1. The second-order valence-electron chi connectivity index (χ2n) is 4.09. The van der Waals surface area contributed by atoms with Gasteiger partial charge >= 0.3 is 0 Å². The van der Waals surface area contributed by atoms with E-state index >= 15 is 0 Å². The van der Waals surface area contributed by atoms with Crippen LogP contribution >= 0.6 is 11.9 Å². The summed E-state index contributed by atoms with van der Waals surface area (Å²) in [5.74, 6) is 0.814. The molecule has 0 aromatic heterocycles. The Morgan fingerprint density at radius 2 is 1.80 bits per heavy atom. The van der Waals surface area contributed by atoms with Gasteiger partial charge in [-0.1, -0.05) is 30.3 Å². The number of benzene rings is 2. The van der Waals surface area contributed by atoms with Gasteiger partial charge in [-0.05, 0) is 36.2 Å². The van der Waals surface area contributed by atoms with Crippen LogP contribution in [0.3, 0.4) is 0 Å². The molecule has 2 aromatic carbocycles. The third kappa shape index (κ3) is 3.69. The molecule has 0 N–H and O–H groups in total. The molecule has 0 unspecified atom stereocenters. The van der Waals surface area contributed by atoms with Gasteiger partial charge in [0.25, 0.3) is 0 Å². The normalized spacial score (nSPS) is 9.80.